The number of methoxy groups -OCH3 is 2. The first-order valence-corrected chi connectivity index (χ1v) is 5.56. The van der Waals surface area contributed by atoms with E-state index in [9.17, 15) is 9.59 Å². The first-order valence-electron chi connectivity index (χ1n) is 4.74. The molecule has 1 aromatic heterocycles. The summed E-state index contributed by atoms with van der Waals surface area (Å²) in [6, 6.07) is 3.50. The maximum atomic E-state index is 11.5. The summed E-state index contributed by atoms with van der Waals surface area (Å²) >= 11 is 1.33. The van der Waals surface area contributed by atoms with Gasteiger partial charge in [0.2, 0.25) is 12.1 Å². The quantitative estimate of drug-likeness (QED) is 0.725. The number of thiophene rings is 1. The lowest BCUT2D eigenvalue weighted by molar-refractivity contribution is -0.153. The van der Waals surface area contributed by atoms with E-state index in [2.05, 4.69) is 10.1 Å². The van der Waals surface area contributed by atoms with E-state index in [0.717, 1.165) is 4.88 Å². The standard InChI is InChI=1S/C10H13NO5S/c1-15-8-4-3-6(17-8)5-7(12)11-9(16-2)10(13)14/h3-4,9H,5H2,1-2H3,(H,11,12)(H,13,14). The van der Waals surface area contributed by atoms with Crippen LogP contribution in [0.3, 0.4) is 0 Å². The van der Waals surface area contributed by atoms with Crippen LogP contribution in [0.25, 0.3) is 0 Å². The fourth-order valence-electron chi connectivity index (χ4n) is 1.14. The van der Waals surface area contributed by atoms with Crippen LogP contribution in [0.1, 0.15) is 4.88 Å². The van der Waals surface area contributed by atoms with Crippen LogP contribution >= 0.6 is 11.3 Å². The van der Waals surface area contributed by atoms with Gasteiger partial charge in [0, 0.05) is 12.0 Å². The Morgan fingerprint density at radius 3 is 2.65 bits per heavy atom. The number of carbonyl (C=O) groups excluding carboxylic acids is 1. The fourth-order valence-corrected chi connectivity index (χ4v) is 1.96. The summed E-state index contributed by atoms with van der Waals surface area (Å²) in [4.78, 5) is 22.9. The second-order valence-corrected chi connectivity index (χ2v) is 4.25. The van der Waals surface area contributed by atoms with E-state index in [4.69, 9.17) is 9.84 Å². The van der Waals surface area contributed by atoms with Gasteiger partial charge >= 0.3 is 5.97 Å². The molecular formula is C10H13NO5S. The molecule has 0 aliphatic carbocycles. The number of amides is 1. The topological polar surface area (TPSA) is 84.9 Å². The zero-order chi connectivity index (χ0) is 12.8. The number of carbonyl (C=O) groups is 2. The Morgan fingerprint density at radius 1 is 1.47 bits per heavy atom. The van der Waals surface area contributed by atoms with Gasteiger partial charge in [-0.15, -0.1) is 11.3 Å². The molecule has 17 heavy (non-hydrogen) atoms. The molecule has 0 saturated carbocycles. The van der Waals surface area contributed by atoms with E-state index in [0.29, 0.717) is 5.06 Å². The predicted octanol–water partition coefficient (Wildman–Crippen LogP) is 0.472. The Labute approximate surface area is 102 Å². The number of carboxylic acid groups (broad SMARTS) is 1. The van der Waals surface area contributed by atoms with E-state index in [1.165, 1.54) is 18.4 Å². The highest BCUT2D eigenvalue weighted by atomic mass is 32.1. The van der Waals surface area contributed by atoms with Crippen LogP contribution in [-0.4, -0.2) is 37.4 Å². The monoisotopic (exact) mass is 259 g/mol. The SMILES string of the molecule is COc1ccc(CC(=O)NC(OC)C(=O)O)s1. The van der Waals surface area contributed by atoms with Gasteiger partial charge in [-0.05, 0) is 12.1 Å². The van der Waals surface area contributed by atoms with Crippen molar-refractivity contribution in [2.45, 2.75) is 12.6 Å². The lowest BCUT2D eigenvalue weighted by Crippen LogP contribution is -2.42. The van der Waals surface area contributed by atoms with E-state index in [1.807, 2.05) is 0 Å². The molecule has 7 heteroatoms. The first kappa shape index (κ1) is 13.5. The molecule has 0 radical (unpaired) electrons. The largest absolute Gasteiger partial charge is 0.487 e. The van der Waals surface area contributed by atoms with E-state index in [-0.39, 0.29) is 6.42 Å². The van der Waals surface area contributed by atoms with E-state index < -0.39 is 18.1 Å². The summed E-state index contributed by atoms with van der Waals surface area (Å²) in [5, 5.41) is 11.6. The van der Waals surface area contributed by atoms with Gasteiger partial charge in [0.05, 0.1) is 13.5 Å². The minimum atomic E-state index is -1.32. The molecule has 6 nitrogen and oxygen atoms in total. The van der Waals surface area contributed by atoms with Crippen LogP contribution in [0.2, 0.25) is 0 Å². The van der Waals surface area contributed by atoms with Crippen molar-refractivity contribution >= 4 is 23.2 Å². The number of nitrogens with one attached hydrogen (secondary N) is 1. The summed E-state index contributed by atoms with van der Waals surface area (Å²) in [5.41, 5.74) is 0. The second-order valence-electron chi connectivity index (χ2n) is 3.12. The van der Waals surface area contributed by atoms with Crippen molar-refractivity contribution < 1.29 is 24.2 Å². The van der Waals surface area contributed by atoms with Crippen molar-refractivity contribution in [3.63, 3.8) is 0 Å². The Kier molecular flexibility index (Phi) is 4.92. The fraction of sp³-hybridized carbons (Fsp3) is 0.400. The molecule has 0 aliphatic heterocycles. The molecule has 0 saturated heterocycles. The Morgan fingerprint density at radius 2 is 2.18 bits per heavy atom. The van der Waals surface area contributed by atoms with Gasteiger partial charge in [0.1, 0.15) is 0 Å². The van der Waals surface area contributed by atoms with Crippen LogP contribution < -0.4 is 10.1 Å². The number of ether oxygens (including phenoxy) is 2. The highest BCUT2D eigenvalue weighted by Gasteiger charge is 2.19. The van der Waals surface area contributed by atoms with Crippen LogP contribution in [0.5, 0.6) is 5.06 Å². The van der Waals surface area contributed by atoms with Gasteiger partial charge in [0.25, 0.3) is 0 Å². The van der Waals surface area contributed by atoms with Gasteiger partial charge in [-0.3, -0.25) is 4.79 Å². The zero-order valence-corrected chi connectivity index (χ0v) is 10.2. The minimum absolute atomic E-state index is 0.0984. The number of rotatable bonds is 6. The molecule has 1 aromatic rings. The molecule has 2 N–H and O–H groups in total. The maximum absolute atomic E-state index is 11.5. The molecule has 1 heterocycles. The normalized spacial score (nSPS) is 11.9. The molecule has 0 spiro atoms. The van der Waals surface area contributed by atoms with Gasteiger partial charge in [-0.25, -0.2) is 4.79 Å². The van der Waals surface area contributed by atoms with Crippen molar-refractivity contribution in [1.82, 2.24) is 5.32 Å². The number of hydrogen-bond acceptors (Lipinski definition) is 5. The molecule has 0 bridgehead atoms. The molecule has 1 amide bonds. The maximum Gasteiger partial charge on any atom is 0.354 e. The summed E-state index contributed by atoms with van der Waals surface area (Å²) in [5.74, 6) is -1.65. The van der Waals surface area contributed by atoms with Gasteiger partial charge in [-0.1, -0.05) is 0 Å². The Balaban J connectivity index is 2.51. The lowest BCUT2D eigenvalue weighted by Gasteiger charge is -2.11. The number of aliphatic carboxylic acids is 1. The van der Waals surface area contributed by atoms with Crippen molar-refractivity contribution in [3.05, 3.63) is 17.0 Å². The molecule has 1 unspecified atom stereocenters. The first-order chi connectivity index (χ1) is 8.06. The van der Waals surface area contributed by atoms with Crippen molar-refractivity contribution in [1.29, 1.82) is 0 Å². The Bertz CT molecular complexity index is 403. The van der Waals surface area contributed by atoms with Crippen LogP contribution in [0.15, 0.2) is 12.1 Å². The molecule has 1 rings (SSSR count). The third-order valence-corrected chi connectivity index (χ3v) is 2.97. The average molecular weight is 259 g/mol. The summed E-state index contributed by atoms with van der Waals surface area (Å²) < 4.78 is 9.58. The van der Waals surface area contributed by atoms with E-state index >= 15 is 0 Å². The lowest BCUT2D eigenvalue weighted by atomic mass is 10.3. The van der Waals surface area contributed by atoms with Crippen LogP contribution in [-0.2, 0) is 20.7 Å². The van der Waals surface area contributed by atoms with Gasteiger partial charge in [-0.2, -0.15) is 0 Å². The number of hydrogen-bond donors (Lipinski definition) is 2. The summed E-state index contributed by atoms with van der Waals surface area (Å²) in [6.07, 6.45) is -1.22. The average Bonchev–Trinajstić information content (AvgIpc) is 2.73. The summed E-state index contributed by atoms with van der Waals surface area (Å²) in [7, 11) is 2.76. The molecule has 0 aliphatic rings. The van der Waals surface area contributed by atoms with Crippen molar-refractivity contribution in [2.24, 2.45) is 0 Å². The summed E-state index contributed by atoms with van der Waals surface area (Å²) in [6.45, 7) is 0. The highest BCUT2D eigenvalue weighted by molar-refractivity contribution is 7.13. The predicted molar refractivity (Wildman–Crippen MR) is 61.2 cm³/mol. The third-order valence-electron chi connectivity index (χ3n) is 1.93. The van der Waals surface area contributed by atoms with Gasteiger partial charge < -0.3 is 19.9 Å². The van der Waals surface area contributed by atoms with Crippen LogP contribution in [0.4, 0.5) is 0 Å². The van der Waals surface area contributed by atoms with Gasteiger partial charge in [0.15, 0.2) is 5.06 Å². The number of carboxylic acids is 1. The van der Waals surface area contributed by atoms with Crippen LogP contribution in [0, 0.1) is 0 Å². The van der Waals surface area contributed by atoms with Crippen molar-refractivity contribution in [3.8, 4) is 5.06 Å². The Hall–Kier alpha value is -1.60. The molecule has 94 valence electrons. The van der Waals surface area contributed by atoms with Crippen molar-refractivity contribution in [2.75, 3.05) is 14.2 Å². The highest BCUT2D eigenvalue weighted by Crippen LogP contribution is 2.23. The third kappa shape index (κ3) is 4.04. The minimum Gasteiger partial charge on any atom is -0.487 e. The molecular weight excluding hydrogens is 246 g/mol. The van der Waals surface area contributed by atoms with E-state index in [1.54, 1.807) is 19.2 Å². The smallest absolute Gasteiger partial charge is 0.354 e. The molecule has 0 aromatic carbocycles. The molecule has 1 atom stereocenters. The second kappa shape index (κ2) is 6.21. The molecule has 0 fully saturated rings. The zero-order valence-electron chi connectivity index (χ0n) is 9.43.